The molecule has 1 spiro atoms. The van der Waals surface area contributed by atoms with Gasteiger partial charge in [0, 0.05) is 18.4 Å². The van der Waals surface area contributed by atoms with Gasteiger partial charge in [0.2, 0.25) is 0 Å². The molecule has 1 aromatic rings. The number of hydrogen-bond donors (Lipinski definition) is 1. The number of amides is 2. The van der Waals surface area contributed by atoms with Gasteiger partial charge in [-0.3, -0.25) is 0 Å². The van der Waals surface area contributed by atoms with Crippen LogP contribution in [0.15, 0.2) is 24.3 Å². The Hall–Kier alpha value is -1.95. The number of benzene rings is 1. The highest BCUT2D eigenvalue weighted by Crippen LogP contribution is 2.42. The monoisotopic (exact) mass is 318 g/mol. The van der Waals surface area contributed by atoms with E-state index in [1.165, 1.54) is 0 Å². The zero-order chi connectivity index (χ0) is 16.1. The predicted molar refractivity (Wildman–Crippen MR) is 83.5 cm³/mol. The van der Waals surface area contributed by atoms with Crippen LogP contribution in [0.4, 0.5) is 4.79 Å². The predicted octanol–water partition coefficient (Wildman–Crippen LogP) is 1.99. The highest BCUT2D eigenvalue weighted by atomic mass is 16.7. The van der Waals surface area contributed by atoms with Crippen LogP contribution in [0.3, 0.4) is 0 Å². The van der Waals surface area contributed by atoms with E-state index >= 15 is 0 Å². The van der Waals surface area contributed by atoms with E-state index in [4.69, 9.17) is 14.2 Å². The summed E-state index contributed by atoms with van der Waals surface area (Å²) in [6.45, 7) is 6.50. The molecule has 3 heterocycles. The summed E-state index contributed by atoms with van der Waals surface area (Å²) in [5, 5.41) is 3.09. The molecule has 4 rings (SSSR count). The number of rotatable bonds is 1. The van der Waals surface area contributed by atoms with Crippen LogP contribution in [-0.2, 0) is 4.74 Å². The summed E-state index contributed by atoms with van der Waals surface area (Å²) in [4.78, 5) is 14.3. The fraction of sp³-hybridized carbons (Fsp3) is 0.588. The van der Waals surface area contributed by atoms with Gasteiger partial charge in [-0.2, -0.15) is 0 Å². The van der Waals surface area contributed by atoms with Crippen molar-refractivity contribution in [2.45, 2.75) is 32.1 Å². The number of fused-ring (bicyclic) bond motifs is 1. The van der Waals surface area contributed by atoms with E-state index in [-0.39, 0.29) is 17.5 Å². The Labute approximate surface area is 135 Å². The highest BCUT2D eigenvalue weighted by Gasteiger charge is 2.49. The van der Waals surface area contributed by atoms with Crippen molar-refractivity contribution in [2.24, 2.45) is 5.41 Å². The van der Waals surface area contributed by atoms with Crippen molar-refractivity contribution < 1.29 is 19.0 Å². The van der Waals surface area contributed by atoms with E-state index in [1.54, 1.807) is 4.90 Å². The lowest BCUT2D eigenvalue weighted by atomic mass is 9.88. The van der Waals surface area contributed by atoms with E-state index in [9.17, 15) is 4.79 Å². The number of urea groups is 1. The van der Waals surface area contributed by atoms with Gasteiger partial charge in [-0.15, -0.1) is 0 Å². The second-order valence-corrected chi connectivity index (χ2v) is 7.24. The number of nitrogens with one attached hydrogen (secondary N) is 1. The molecule has 23 heavy (non-hydrogen) atoms. The van der Waals surface area contributed by atoms with Crippen molar-refractivity contribution in [1.29, 1.82) is 0 Å². The molecular weight excluding hydrogens is 296 g/mol. The summed E-state index contributed by atoms with van der Waals surface area (Å²) in [7, 11) is 0. The number of likely N-dealkylation sites (tertiary alicyclic amines) is 1. The summed E-state index contributed by atoms with van der Waals surface area (Å²) in [6, 6.07) is 7.59. The summed E-state index contributed by atoms with van der Waals surface area (Å²) in [5.74, 6) is 0.767. The van der Waals surface area contributed by atoms with Crippen LogP contribution in [0.25, 0.3) is 0 Å². The fourth-order valence-electron chi connectivity index (χ4n) is 3.38. The smallest absolute Gasteiger partial charge is 0.317 e. The summed E-state index contributed by atoms with van der Waals surface area (Å²) in [5.41, 5.74) is -0.0380. The molecule has 0 aliphatic carbocycles. The van der Waals surface area contributed by atoms with Gasteiger partial charge in [-0.1, -0.05) is 26.0 Å². The van der Waals surface area contributed by atoms with Gasteiger partial charge in [-0.05, 0) is 12.1 Å². The van der Waals surface area contributed by atoms with E-state index < -0.39 is 5.79 Å². The lowest BCUT2D eigenvalue weighted by Crippen LogP contribution is -2.51. The topological polar surface area (TPSA) is 60.0 Å². The van der Waals surface area contributed by atoms with Crippen LogP contribution in [0.5, 0.6) is 11.5 Å². The third kappa shape index (κ3) is 2.51. The molecule has 1 unspecified atom stereocenters. The Bertz CT molecular complexity index is 606. The minimum absolute atomic E-state index is 0.0363. The third-order valence-electron chi connectivity index (χ3n) is 4.92. The first kappa shape index (κ1) is 14.6. The van der Waals surface area contributed by atoms with Gasteiger partial charge in [0.05, 0.1) is 25.8 Å². The molecule has 6 heteroatoms. The van der Waals surface area contributed by atoms with Gasteiger partial charge in [0.15, 0.2) is 11.5 Å². The number of para-hydroxylation sites is 2. The Morgan fingerprint density at radius 1 is 1.26 bits per heavy atom. The lowest BCUT2D eigenvalue weighted by molar-refractivity contribution is -0.0651. The first-order chi connectivity index (χ1) is 11.0. The molecule has 2 saturated heterocycles. The second-order valence-electron chi connectivity index (χ2n) is 7.24. The number of carbonyl (C=O) groups is 1. The Morgan fingerprint density at radius 2 is 1.96 bits per heavy atom. The number of nitrogens with zero attached hydrogens (tertiary/aromatic N) is 1. The standard InChI is InChI=1S/C17H22N2O4/c1-16(2)11-21-9-14(16)18-15(20)19-8-7-17(10-19)22-12-5-3-4-6-13(12)23-17/h3-6,14H,7-11H2,1-2H3,(H,18,20). The second kappa shape index (κ2) is 5.03. The van der Waals surface area contributed by atoms with Crippen molar-refractivity contribution in [3.05, 3.63) is 24.3 Å². The quantitative estimate of drug-likeness (QED) is 0.860. The van der Waals surface area contributed by atoms with Crippen LogP contribution in [0, 0.1) is 5.41 Å². The third-order valence-corrected chi connectivity index (χ3v) is 4.92. The summed E-state index contributed by atoms with van der Waals surface area (Å²) >= 11 is 0. The van der Waals surface area contributed by atoms with E-state index in [2.05, 4.69) is 19.2 Å². The Morgan fingerprint density at radius 3 is 2.57 bits per heavy atom. The maximum absolute atomic E-state index is 12.6. The Balaban J connectivity index is 1.40. The molecule has 3 aliphatic rings. The molecule has 1 atom stereocenters. The largest absolute Gasteiger partial charge is 0.447 e. The molecule has 0 bridgehead atoms. The zero-order valence-corrected chi connectivity index (χ0v) is 13.5. The molecule has 1 aromatic carbocycles. The SMILES string of the molecule is CC1(C)COCC1NC(=O)N1CCC2(C1)Oc1ccccc1O2. The molecule has 1 N–H and O–H groups in total. The van der Waals surface area contributed by atoms with E-state index in [0.29, 0.717) is 32.7 Å². The molecule has 3 aliphatic heterocycles. The highest BCUT2D eigenvalue weighted by molar-refractivity contribution is 5.75. The van der Waals surface area contributed by atoms with Crippen LogP contribution < -0.4 is 14.8 Å². The van der Waals surface area contributed by atoms with E-state index in [1.807, 2.05) is 24.3 Å². The normalized spacial score (nSPS) is 26.7. The van der Waals surface area contributed by atoms with Crippen LogP contribution in [-0.4, -0.2) is 49.1 Å². The van der Waals surface area contributed by atoms with Gasteiger partial charge < -0.3 is 24.4 Å². The summed E-state index contributed by atoms with van der Waals surface area (Å²) < 4.78 is 17.4. The number of carbonyl (C=O) groups excluding carboxylic acids is 1. The van der Waals surface area contributed by atoms with Crippen molar-refractivity contribution in [3.63, 3.8) is 0 Å². The minimum atomic E-state index is -0.733. The maximum atomic E-state index is 12.6. The van der Waals surface area contributed by atoms with Gasteiger partial charge in [0.1, 0.15) is 0 Å². The summed E-state index contributed by atoms with van der Waals surface area (Å²) in [6.07, 6.45) is 0.666. The fourth-order valence-corrected chi connectivity index (χ4v) is 3.38. The minimum Gasteiger partial charge on any atom is -0.447 e. The van der Waals surface area contributed by atoms with Crippen LogP contribution >= 0.6 is 0 Å². The molecule has 2 fully saturated rings. The van der Waals surface area contributed by atoms with Gasteiger partial charge in [-0.25, -0.2) is 4.79 Å². The zero-order valence-electron chi connectivity index (χ0n) is 13.5. The first-order valence-corrected chi connectivity index (χ1v) is 8.08. The molecule has 124 valence electrons. The Kier molecular flexibility index (Phi) is 3.20. The lowest BCUT2D eigenvalue weighted by Gasteiger charge is -2.28. The number of hydrogen-bond acceptors (Lipinski definition) is 4. The van der Waals surface area contributed by atoms with Crippen molar-refractivity contribution in [1.82, 2.24) is 10.2 Å². The van der Waals surface area contributed by atoms with E-state index in [0.717, 1.165) is 11.5 Å². The molecule has 6 nitrogen and oxygen atoms in total. The van der Waals surface area contributed by atoms with Crippen molar-refractivity contribution in [2.75, 3.05) is 26.3 Å². The molecule has 0 aromatic heterocycles. The van der Waals surface area contributed by atoms with Gasteiger partial charge in [0.25, 0.3) is 5.79 Å². The van der Waals surface area contributed by atoms with Gasteiger partial charge >= 0.3 is 6.03 Å². The molecule has 0 saturated carbocycles. The molecular formula is C17H22N2O4. The maximum Gasteiger partial charge on any atom is 0.317 e. The average molecular weight is 318 g/mol. The van der Waals surface area contributed by atoms with Crippen molar-refractivity contribution >= 4 is 6.03 Å². The molecule has 2 amide bonds. The number of ether oxygens (including phenoxy) is 3. The first-order valence-electron chi connectivity index (χ1n) is 8.08. The van der Waals surface area contributed by atoms with Crippen molar-refractivity contribution in [3.8, 4) is 11.5 Å². The van der Waals surface area contributed by atoms with Crippen LogP contribution in [0.2, 0.25) is 0 Å². The molecule has 0 radical (unpaired) electrons. The van der Waals surface area contributed by atoms with Crippen LogP contribution in [0.1, 0.15) is 20.3 Å². The average Bonchev–Trinajstić information content (AvgIpc) is 3.17.